The van der Waals surface area contributed by atoms with Crippen LogP contribution in [0.4, 0.5) is 10.1 Å². The second-order valence-electron chi connectivity index (χ2n) is 9.10. The molecule has 1 aliphatic heterocycles. The molecule has 0 bridgehead atoms. The van der Waals surface area contributed by atoms with Gasteiger partial charge in [-0.05, 0) is 67.8 Å². The second-order valence-corrected chi connectivity index (χ2v) is 14.0. The molecule has 10 nitrogen and oxygen atoms in total. The maximum Gasteiger partial charge on any atom is 0.324 e. The van der Waals surface area contributed by atoms with E-state index < -0.39 is 20.9 Å². The number of amides is 1. The van der Waals surface area contributed by atoms with Crippen LogP contribution in [0.1, 0.15) is 47.8 Å². The number of benzene rings is 2. The Bertz CT molecular complexity index is 1700. The summed E-state index contributed by atoms with van der Waals surface area (Å²) < 4.78 is 30.0. The molecule has 208 valence electrons. The number of piperidine rings is 1. The Morgan fingerprint density at radius 2 is 1.98 bits per heavy atom. The largest absolute Gasteiger partial charge is 0.324 e. The molecule has 3 heterocycles. The third-order valence-corrected chi connectivity index (χ3v) is 11.0. The molecule has 0 aliphatic carbocycles. The van der Waals surface area contributed by atoms with Gasteiger partial charge in [0, 0.05) is 28.7 Å². The van der Waals surface area contributed by atoms with Crippen molar-refractivity contribution in [3.05, 3.63) is 79.6 Å². The van der Waals surface area contributed by atoms with Gasteiger partial charge in [-0.3, -0.25) is 14.9 Å². The highest BCUT2D eigenvalue weighted by atomic mass is 79.9. The Morgan fingerprint density at radius 3 is 2.67 bits per heavy atom. The number of nitro groups is 1. The molecule has 0 spiro atoms. The van der Waals surface area contributed by atoms with E-state index in [4.69, 9.17) is 0 Å². The monoisotopic (exact) mass is 661 g/mol. The Labute approximate surface area is 247 Å². The van der Waals surface area contributed by atoms with E-state index in [-0.39, 0.29) is 21.5 Å². The Kier molecular flexibility index (Phi) is 8.42. The Morgan fingerprint density at radius 1 is 1.20 bits per heavy atom. The van der Waals surface area contributed by atoms with Gasteiger partial charge in [0.2, 0.25) is 15.2 Å². The summed E-state index contributed by atoms with van der Waals surface area (Å²) in [6, 6.07) is 14.3. The predicted molar refractivity (Wildman–Crippen MR) is 161 cm³/mol. The van der Waals surface area contributed by atoms with Crippen LogP contribution in [0.25, 0.3) is 10.2 Å². The van der Waals surface area contributed by atoms with Crippen molar-refractivity contribution in [1.29, 1.82) is 0 Å². The number of fused-ring (bicyclic) bond motifs is 1. The first kappa shape index (κ1) is 28.5. The van der Waals surface area contributed by atoms with Crippen LogP contribution in [0.3, 0.4) is 0 Å². The van der Waals surface area contributed by atoms with E-state index in [2.05, 4.69) is 26.0 Å². The van der Waals surface area contributed by atoms with Gasteiger partial charge in [-0.1, -0.05) is 51.9 Å². The first-order valence-electron chi connectivity index (χ1n) is 12.5. The van der Waals surface area contributed by atoms with E-state index in [0.717, 1.165) is 51.2 Å². The van der Waals surface area contributed by atoms with Gasteiger partial charge in [-0.25, -0.2) is 13.4 Å². The van der Waals surface area contributed by atoms with E-state index in [0.29, 0.717) is 22.1 Å². The summed E-state index contributed by atoms with van der Waals surface area (Å²) >= 11 is 5.63. The molecule has 2 aromatic carbocycles. The summed E-state index contributed by atoms with van der Waals surface area (Å²) in [5.41, 5.74) is 0.899. The number of sulfonamides is 1. The molecule has 5 rings (SSSR count). The number of rotatable bonds is 8. The summed E-state index contributed by atoms with van der Waals surface area (Å²) in [5, 5.41) is 16.8. The fourth-order valence-corrected chi connectivity index (χ4v) is 8.44. The van der Waals surface area contributed by atoms with E-state index >= 15 is 0 Å². The number of anilines is 1. The van der Waals surface area contributed by atoms with Crippen molar-refractivity contribution >= 4 is 81.1 Å². The number of halogens is 1. The van der Waals surface area contributed by atoms with Crippen LogP contribution in [-0.2, 0) is 10.0 Å². The van der Waals surface area contributed by atoms with E-state index in [1.165, 1.54) is 47.9 Å². The average Bonchev–Trinajstić information content (AvgIpc) is 3.60. The van der Waals surface area contributed by atoms with Gasteiger partial charge in [0.1, 0.15) is 0 Å². The van der Waals surface area contributed by atoms with Gasteiger partial charge in [-0.2, -0.15) is 14.4 Å². The smallest absolute Gasteiger partial charge is 0.267 e. The van der Waals surface area contributed by atoms with Crippen molar-refractivity contribution in [2.24, 2.45) is 5.10 Å². The number of carbonyl (C=O) groups excluding carboxylic acids is 1. The maximum atomic E-state index is 13.7. The molecule has 0 radical (unpaired) electrons. The van der Waals surface area contributed by atoms with Crippen molar-refractivity contribution in [3.63, 3.8) is 0 Å². The highest BCUT2D eigenvalue weighted by Crippen LogP contribution is 2.33. The molecule has 14 heteroatoms. The van der Waals surface area contributed by atoms with Gasteiger partial charge in [0.05, 0.1) is 31.1 Å². The van der Waals surface area contributed by atoms with Crippen molar-refractivity contribution in [3.8, 4) is 0 Å². The van der Waals surface area contributed by atoms with Crippen molar-refractivity contribution in [2.45, 2.75) is 43.5 Å². The molecule has 1 saturated heterocycles. The number of aromatic nitrogens is 1. The summed E-state index contributed by atoms with van der Waals surface area (Å²) in [6.45, 7) is 2.48. The minimum atomic E-state index is -3.70. The third-order valence-electron chi connectivity index (χ3n) is 6.56. The van der Waals surface area contributed by atoms with Crippen molar-refractivity contribution in [1.82, 2.24) is 9.29 Å². The highest BCUT2D eigenvalue weighted by Gasteiger charge is 2.32. The Balaban J connectivity index is 1.47. The molecule has 0 N–H and O–H groups in total. The number of thiazole rings is 1. The lowest BCUT2D eigenvalue weighted by atomic mass is 10.0. The lowest BCUT2D eigenvalue weighted by Crippen LogP contribution is -2.43. The summed E-state index contributed by atoms with van der Waals surface area (Å²) in [4.78, 5) is 29.5. The van der Waals surface area contributed by atoms with Crippen LogP contribution >= 0.6 is 38.6 Å². The third kappa shape index (κ3) is 5.86. The zero-order valence-electron chi connectivity index (χ0n) is 21.3. The summed E-state index contributed by atoms with van der Waals surface area (Å²) in [7, 11) is -3.70. The first-order valence-corrected chi connectivity index (χ1v) is 16.3. The summed E-state index contributed by atoms with van der Waals surface area (Å²) in [5.74, 6) is -0.520. The van der Waals surface area contributed by atoms with Gasteiger partial charge < -0.3 is 0 Å². The molecule has 0 saturated carbocycles. The van der Waals surface area contributed by atoms with Crippen LogP contribution in [0, 0.1) is 10.1 Å². The Hall–Kier alpha value is -3.04. The summed E-state index contributed by atoms with van der Waals surface area (Å²) in [6.07, 6.45) is 4.79. The van der Waals surface area contributed by atoms with E-state index in [1.54, 1.807) is 10.4 Å². The van der Waals surface area contributed by atoms with Gasteiger partial charge in [0.15, 0.2) is 0 Å². The lowest BCUT2D eigenvalue weighted by Gasteiger charge is -2.34. The number of hydrogen-bond donors (Lipinski definition) is 0. The molecule has 1 amide bonds. The lowest BCUT2D eigenvalue weighted by molar-refractivity contribution is -0.380. The molecule has 40 heavy (non-hydrogen) atoms. The van der Waals surface area contributed by atoms with Crippen LogP contribution in [-0.4, -0.2) is 47.3 Å². The average molecular weight is 663 g/mol. The zero-order chi connectivity index (χ0) is 28.4. The molecule has 1 unspecified atom stereocenters. The maximum absolute atomic E-state index is 13.7. The number of carbonyl (C=O) groups is 1. The molecule has 4 aromatic rings. The number of thiophene rings is 1. The molecule has 1 atom stereocenters. The second kappa shape index (κ2) is 11.8. The highest BCUT2D eigenvalue weighted by molar-refractivity contribution is 9.10. The standard InChI is InChI=1S/C26H24BrN5O5S3/c1-2-19-5-3-4-14-30(19)40(36,37)21-10-6-17(7-11-21)25(33)31(28-16-20-9-13-24(38-20)32(34)35)26-29-22-12-8-18(27)15-23(22)39-26/h6-13,15-16,19H,2-5,14H2,1H3/b28-16+. The first-order chi connectivity index (χ1) is 19.2. The van der Waals surface area contributed by atoms with Gasteiger partial charge >= 0.3 is 5.00 Å². The minimum Gasteiger partial charge on any atom is -0.267 e. The topological polar surface area (TPSA) is 126 Å². The molecular weight excluding hydrogens is 638 g/mol. The number of hydrazone groups is 1. The van der Waals surface area contributed by atoms with Crippen LogP contribution < -0.4 is 5.01 Å². The SMILES string of the molecule is CCC1CCCCN1S(=O)(=O)c1ccc(C(=O)N(/N=C/c2ccc([N+](=O)[O-])s2)c2nc3ccc(Br)cc3s2)cc1. The predicted octanol–water partition coefficient (Wildman–Crippen LogP) is 6.66. The van der Waals surface area contributed by atoms with E-state index in [9.17, 15) is 23.3 Å². The van der Waals surface area contributed by atoms with Crippen molar-refractivity contribution in [2.75, 3.05) is 11.6 Å². The molecule has 1 aliphatic rings. The molecule has 1 fully saturated rings. The van der Waals surface area contributed by atoms with Crippen LogP contribution in [0.2, 0.25) is 0 Å². The van der Waals surface area contributed by atoms with Gasteiger partial charge in [-0.15, -0.1) is 0 Å². The molecule has 2 aromatic heterocycles. The van der Waals surface area contributed by atoms with Gasteiger partial charge in [0.25, 0.3) is 5.91 Å². The van der Waals surface area contributed by atoms with Crippen LogP contribution in [0.5, 0.6) is 0 Å². The fourth-order valence-electron chi connectivity index (χ4n) is 4.52. The zero-order valence-corrected chi connectivity index (χ0v) is 25.3. The molecular formula is C26H24BrN5O5S3. The quantitative estimate of drug-likeness (QED) is 0.118. The van der Waals surface area contributed by atoms with Crippen LogP contribution in [0.15, 0.2) is 69.1 Å². The fraction of sp³-hybridized carbons (Fsp3) is 0.269. The number of nitrogens with zero attached hydrogens (tertiary/aromatic N) is 5. The van der Waals surface area contributed by atoms with E-state index in [1.807, 2.05) is 25.1 Å². The normalized spacial score (nSPS) is 16.5. The number of hydrogen-bond acceptors (Lipinski definition) is 9. The minimum absolute atomic E-state index is 0.0305. The van der Waals surface area contributed by atoms with Crippen molar-refractivity contribution < 1.29 is 18.1 Å².